The summed E-state index contributed by atoms with van der Waals surface area (Å²) in [7, 11) is -3.16. The van der Waals surface area contributed by atoms with E-state index in [4.69, 9.17) is 0 Å². The molecule has 0 aromatic heterocycles. The molecule has 4 heteroatoms. The van der Waals surface area contributed by atoms with Crippen molar-refractivity contribution in [3.63, 3.8) is 0 Å². The van der Waals surface area contributed by atoms with Crippen LogP contribution >= 0.6 is 0 Å². The largest absolute Gasteiger partial charge is 0.295 e. The SMILES string of the molecule is CC(=O)c1ccc2c(c1)S(=O)(=O)CC2C. The predicted octanol–water partition coefficient (Wildman–Crippen LogP) is 1.78. The summed E-state index contributed by atoms with van der Waals surface area (Å²) in [6.07, 6.45) is 0. The van der Waals surface area contributed by atoms with Crippen LogP contribution in [0.5, 0.6) is 0 Å². The molecule has 0 saturated carbocycles. The summed E-state index contributed by atoms with van der Waals surface area (Å²) in [6, 6.07) is 4.94. The van der Waals surface area contributed by atoms with Crippen molar-refractivity contribution in [1.29, 1.82) is 0 Å². The molecule has 15 heavy (non-hydrogen) atoms. The summed E-state index contributed by atoms with van der Waals surface area (Å²) in [5.41, 5.74) is 1.30. The van der Waals surface area contributed by atoms with Crippen molar-refractivity contribution >= 4 is 15.6 Å². The standard InChI is InChI=1S/C11H12O3S/c1-7-6-15(13,14)11-5-9(8(2)12)3-4-10(7)11/h3-5,7H,6H2,1-2H3. The monoisotopic (exact) mass is 224 g/mol. The number of Topliss-reactive ketones (excluding diaryl/α,β-unsaturated/α-hetero) is 1. The summed E-state index contributed by atoms with van der Waals surface area (Å²) in [5, 5.41) is 0. The molecule has 0 saturated heterocycles. The van der Waals surface area contributed by atoms with Gasteiger partial charge in [-0.05, 0) is 24.5 Å². The van der Waals surface area contributed by atoms with Crippen molar-refractivity contribution in [2.45, 2.75) is 24.7 Å². The Bertz CT molecular complexity index is 529. The number of fused-ring (bicyclic) bond motifs is 1. The number of benzene rings is 1. The molecule has 0 aliphatic carbocycles. The molecule has 1 aliphatic rings. The van der Waals surface area contributed by atoms with E-state index in [2.05, 4.69) is 0 Å². The van der Waals surface area contributed by atoms with E-state index in [0.717, 1.165) is 5.56 Å². The van der Waals surface area contributed by atoms with Gasteiger partial charge in [0.05, 0.1) is 10.6 Å². The maximum atomic E-state index is 11.7. The van der Waals surface area contributed by atoms with Gasteiger partial charge in [-0.15, -0.1) is 0 Å². The van der Waals surface area contributed by atoms with E-state index in [1.807, 2.05) is 6.92 Å². The van der Waals surface area contributed by atoms with E-state index >= 15 is 0 Å². The Balaban J connectivity index is 2.68. The highest BCUT2D eigenvalue weighted by Gasteiger charge is 2.32. The molecule has 1 aromatic rings. The van der Waals surface area contributed by atoms with E-state index in [1.165, 1.54) is 13.0 Å². The first-order chi connectivity index (χ1) is 6.92. The minimum atomic E-state index is -3.16. The second-order valence-corrected chi connectivity index (χ2v) is 5.99. The van der Waals surface area contributed by atoms with Gasteiger partial charge in [0, 0.05) is 5.56 Å². The van der Waals surface area contributed by atoms with Crippen molar-refractivity contribution in [3.05, 3.63) is 29.3 Å². The second kappa shape index (κ2) is 3.17. The van der Waals surface area contributed by atoms with Gasteiger partial charge < -0.3 is 0 Å². The first-order valence-electron chi connectivity index (χ1n) is 4.79. The molecule has 1 aliphatic heterocycles. The Morgan fingerprint density at radius 3 is 2.67 bits per heavy atom. The number of rotatable bonds is 1. The Labute approximate surface area is 89.0 Å². The van der Waals surface area contributed by atoms with Crippen molar-refractivity contribution in [2.75, 3.05) is 5.75 Å². The van der Waals surface area contributed by atoms with Crippen LogP contribution in [0.3, 0.4) is 0 Å². The predicted molar refractivity (Wildman–Crippen MR) is 56.9 cm³/mol. The third-order valence-corrected chi connectivity index (χ3v) is 4.72. The zero-order valence-corrected chi connectivity index (χ0v) is 9.47. The Morgan fingerprint density at radius 2 is 2.07 bits per heavy atom. The summed E-state index contributed by atoms with van der Waals surface area (Å²) in [4.78, 5) is 11.5. The number of carbonyl (C=O) groups excluding carboxylic acids is 1. The molecule has 1 unspecified atom stereocenters. The van der Waals surface area contributed by atoms with Crippen LogP contribution in [-0.4, -0.2) is 20.0 Å². The van der Waals surface area contributed by atoms with Crippen LogP contribution in [0.4, 0.5) is 0 Å². The van der Waals surface area contributed by atoms with Crippen LogP contribution in [-0.2, 0) is 9.84 Å². The lowest BCUT2D eigenvalue weighted by Crippen LogP contribution is -2.01. The van der Waals surface area contributed by atoms with Crippen LogP contribution in [0, 0.1) is 0 Å². The minimum absolute atomic E-state index is 0.0333. The van der Waals surface area contributed by atoms with Gasteiger partial charge in [0.2, 0.25) is 0 Å². The number of ketones is 1. The molecular formula is C11H12O3S. The molecular weight excluding hydrogens is 212 g/mol. The number of carbonyl (C=O) groups is 1. The molecule has 0 spiro atoms. The highest BCUT2D eigenvalue weighted by molar-refractivity contribution is 7.91. The highest BCUT2D eigenvalue weighted by Crippen LogP contribution is 2.35. The van der Waals surface area contributed by atoms with E-state index in [0.29, 0.717) is 10.5 Å². The van der Waals surface area contributed by atoms with Gasteiger partial charge in [-0.1, -0.05) is 19.1 Å². The van der Waals surface area contributed by atoms with E-state index < -0.39 is 9.84 Å². The summed E-state index contributed by atoms with van der Waals surface area (Å²) >= 11 is 0. The molecule has 0 N–H and O–H groups in total. The average Bonchev–Trinajstić information content (AvgIpc) is 2.37. The normalized spacial score (nSPS) is 22.4. The molecule has 3 nitrogen and oxygen atoms in total. The number of sulfone groups is 1. The van der Waals surface area contributed by atoms with E-state index in [9.17, 15) is 13.2 Å². The lowest BCUT2D eigenvalue weighted by molar-refractivity contribution is 0.101. The fourth-order valence-corrected chi connectivity index (χ4v) is 3.89. The first-order valence-corrected chi connectivity index (χ1v) is 6.44. The molecule has 1 heterocycles. The molecule has 1 atom stereocenters. The summed E-state index contributed by atoms with van der Waals surface area (Å²) < 4.78 is 23.5. The van der Waals surface area contributed by atoms with Crippen LogP contribution in [0.25, 0.3) is 0 Å². The van der Waals surface area contributed by atoms with Crippen LogP contribution in [0.2, 0.25) is 0 Å². The van der Waals surface area contributed by atoms with Crippen molar-refractivity contribution in [3.8, 4) is 0 Å². The zero-order chi connectivity index (χ0) is 11.2. The Kier molecular flexibility index (Phi) is 2.19. The molecule has 1 aromatic carbocycles. The number of hydrogen-bond donors (Lipinski definition) is 0. The van der Waals surface area contributed by atoms with E-state index in [-0.39, 0.29) is 17.5 Å². The topological polar surface area (TPSA) is 51.2 Å². The quantitative estimate of drug-likeness (QED) is 0.683. The van der Waals surface area contributed by atoms with Gasteiger partial charge in [0.1, 0.15) is 0 Å². The Hall–Kier alpha value is -1.16. The van der Waals surface area contributed by atoms with Gasteiger partial charge >= 0.3 is 0 Å². The highest BCUT2D eigenvalue weighted by atomic mass is 32.2. The van der Waals surface area contributed by atoms with Gasteiger partial charge in [-0.2, -0.15) is 0 Å². The van der Waals surface area contributed by atoms with Crippen LogP contribution in [0.1, 0.15) is 35.7 Å². The minimum Gasteiger partial charge on any atom is -0.295 e. The van der Waals surface area contributed by atoms with Gasteiger partial charge in [0.15, 0.2) is 15.6 Å². The van der Waals surface area contributed by atoms with Gasteiger partial charge in [-0.3, -0.25) is 4.79 Å². The molecule has 80 valence electrons. The smallest absolute Gasteiger partial charge is 0.179 e. The fourth-order valence-electron chi connectivity index (χ4n) is 1.94. The van der Waals surface area contributed by atoms with Crippen LogP contribution in [0.15, 0.2) is 23.1 Å². The summed E-state index contributed by atoms with van der Waals surface area (Å²) in [6.45, 7) is 3.32. The van der Waals surface area contributed by atoms with Gasteiger partial charge in [-0.25, -0.2) is 8.42 Å². The maximum Gasteiger partial charge on any atom is 0.179 e. The maximum absolute atomic E-state index is 11.7. The summed E-state index contributed by atoms with van der Waals surface area (Å²) in [5.74, 6) is 0.0857. The van der Waals surface area contributed by atoms with Crippen molar-refractivity contribution in [2.24, 2.45) is 0 Å². The first kappa shape index (κ1) is 10.4. The van der Waals surface area contributed by atoms with Crippen molar-refractivity contribution < 1.29 is 13.2 Å². The molecule has 0 fully saturated rings. The third-order valence-electron chi connectivity index (χ3n) is 2.76. The molecule has 2 rings (SSSR count). The molecule has 0 radical (unpaired) electrons. The fraction of sp³-hybridized carbons (Fsp3) is 0.364. The van der Waals surface area contributed by atoms with E-state index in [1.54, 1.807) is 12.1 Å². The third kappa shape index (κ3) is 1.59. The molecule has 0 amide bonds. The lowest BCUT2D eigenvalue weighted by Gasteiger charge is -2.02. The Morgan fingerprint density at radius 1 is 1.40 bits per heavy atom. The number of hydrogen-bond acceptors (Lipinski definition) is 3. The van der Waals surface area contributed by atoms with Gasteiger partial charge in [0.25, 0.3) is 0 Å². The van der Waals surface area contributed by atoms with Crippen molar-refractivity contribution in [1.82, 2.24) is 0 Å². The average molecular weight is 224 g/mol. The lowest BCUT2D eigenvalue weighted by atomic mass is 10.0. The molecule has 0 bridgehead atoms. The zero-order valence-electron chi connectivity index (χ0n) is 8.65. The second-order valence-electron chi connectivity index (χ2n) is 3.99. The van der Waals surface area contributed by atoms with Crippen LogP contribution < -0.4 is 0 Å².